The monoisotopic (exact) mass is 203 g/mol. The second-order valence-electron chi connectivity index (χ2n) is 4.23. The van der Waals surface area contributed by atoms with Crippen LogP contribution in [0.5, 0.6) is 0 Å². The van der Waals surface area contributed by atoms with Crippen molar-refractivity contribution in [2.75, 3.05) is 5.73 Å². The lowest BCUT2D eigenvalue weighted by atomic mass is 10.1. The van der Waals surface area contributed by atoms with Crippen LogP contribution in [-0.2, 0) is 0 Å². The Kier molecular flexibility index (Phi) is 2.00. The van der Waals surface area contributed by atoms with Crippen molar-refractivity contribution < 1.29 is 0 Å². The quantitative estimate of drug-likeness (QED) is 0.714. The van der Waals surface area contributed by atoms with Crippen molar-refractivity contribution >= 4 is 11.3 Å². The topological polar surface area (TPSA) is 43.3 Å². The predicted octanol–water partition coefficient (Wildman–Crippen LogP) is 2.46. The second kappa shape index (κ2) is 2.99. The van der Waals surface area contributed by atoms with Crippen molar-refractivity contribution in [3.63, 3.8) is 0 Å². The molecule has 0 aromatic carbocycles. The third-order valence-electron chi connectivity index (χ3n) is 3.45. The van der Waals surface area contributed by atoms with Crippen LogP contribution in [0.2, 0.25) is 0 Å². The van der Waals surface area contributed by atoms with Gasteiger partial charge >= 0.3 is 0 Å². The molecule has 80 valence electrons. The Labute approximate surface area is 89.9 Å². The molecule has 3 heteroatoms. The highest BCUT2D eigenvalue weighted by molar-refractivity contribution is 5.71. The first-order valence-electron chi connectivity index (χ1n) is 5.16. The van der Waals surface area contributed by atoms with E-state index in [4.69, 9.17) is 5.73 Å². The van der Waals surface area contributed by atoms with Gasteiger partial charge in [-0.25, -0.2) is 4.52 Å². The lowest BCUT2D eigenvalue weighted by molar-refractivity contribution is 0.891. The number of aromatic nitrogens is 2. The normalized spacial score (nSPS) is 11.3. The number of nitrogens with zero attached hydrogens (tertiary/aromatic N) is 2. The Morgan fingerprint density at radius 3 is 2.00 bits per heavy atom. The fourth-order valence-electron chi connectivity index (χ4n) is 2.03. The summed E-state index contributed by atoms with van der Waals surface area (Å²) >= 11 is 0. The summed E-state index contributed by atoms with van der Waals surface area (Å²) in [6.45, 7) is 10.4. The van der Waals surface area contributed by atoms with Crippen LogP contribution in [-0.4, -0.2) is 9.61 Å². The first-order valence-corrected chi connectivity index (χ1v) is 5.16. The van der Waals surface area contributed by atoms with Gasteiger partial charge in [-0.15, -0.1) is 0 Å². The molecule has 0 radical (unpaired) electrons. The summed E-state index contributed by atoms with van der Waals surface area (Å²) in [5, 5.41) is 4.51. The Hall–Kier alpha value is -1.51. The molecule has 0 spiro atoms. The molecule has 0 saturated heterocycles. The van der Waals surface area contributed by atoms with Crippen LogP contribution < -0.4 is 5.73 Å². The summed E-state index contributed by atoms with van der Waals surface area (Å²) in [6, 6.07) is 0. The molecule has 2 aromatic heterocycles. The lowest BCUT2D eigenvalue weighted by Gasteiger charge is -2.07. The molecular weight excluding hydrogens is 186 g/mol. The second-order valence-corrected chi connectivity index (χ2v) is 4.23. The van der Waals surface area contributed by atoms with Crippen LogP contribution in [0.25, 0.3) is 5.52 Å². The van der Waals surface area contributed by atoms with Gasteiger partial charge in [0.1, 0.15) is 5.82 Å². The molecule has 0 bridgehead atoms. The fourth-order valence-corrected chi connectivity index (χ4v) is 2.03. The number of nitrogen functional groups attached to an aromatic ring is 1. The van der Waals surface area contributed by atoms with Crippen molar-refractivity contribution in [3.05, 3.63) is 27.9 Å². The van der Waals surface area contributed by atoms with Crippen LogP contribution in [0, 0.1) is 34.6 Å². The van der Waals surface area contributed by atoms with Crippen molar-refractivity contribution in [3.8, 4) is 0 Å². The molecule has 15 heavy (non-hydrogen) atoms. The molecule has 0 saturated carbocycles. The number of hydrogen-bond donors (Lipinski definition) is 1. The molecule has 2 heterocycles. The first-order chi connectivity index (χ1) is 6.95. The van der Waals surface area contributed by atoms with E-state index in [9.17, 15) is 0 Å². The zero-order valence-electron chi connectivity index (χ0n) is 9.97. The summed E-state index contributed by atoms with van der Waals surface area (Å²) in [4.78, 5) is 0. The van der Waals surface area contributed by atoms with Gasteiger partial charge in [0, 0.05) is 0 Å². The van der Waals surface area contributed by atoms with E-state index in [1.807, 2.05) is 18.4 Å². The number of hydrogen-bond acceptors (Lipinski definition) is 2. The standard InChI is InChI=1S/C12H17N3/c1-6-7(2)11-8(3)9(4)12(13)15(11)14-10(6)5/h13H2,1-5H3. The zero-order chi connectivity index (χ0) is 11.3. The van der Waals surface area contributed by atoms with Gasteiger partial charge < -0.3 is 5.73 Å². The van der Waals surface area contributed by atoms with E-state index < -0.39 is 0 Å². The molecule has 0 aliphatic heterocycles. The first kappa shape index (κ1) is 10.0. The van der Waals surface area contributed by atoms with E-state index in [0.717, 1.165) is 22.6 Å². The molecule has 0 unspecified atom stereocenters. The highest BCUT2D eigenvalue weighted by Crippen LogP contribution is 2.27. The average Bonchev–Trinajstić information content (AvgIpc) is 2.40. The molecule has 3 nitrogen and oxygen atoms in total. The smallest absolute Gasteiger partial charge is 0.128 e. The SMILES string of the molecule is Cc1nn2c(N)c(C)c(C)c2c(C)c1C. The summed E-state index contributed by atoms with van der Waals surface area (Å²) in [6.07, 6.45) is 0. The van der Waals surface area contributed by atoms with Crippen LogP contribution in [0.1, 0.15) is 27.9 Å². The van der Waals surface area contributed by atoms with Crippen molar-refractivity contribution in [1.82, 2.24) is 9.61 Å². The highest BCUT2D eigenvalue weighted by atomic mass is 15.3. The number of aryl methyl sites for hydroxylation is 3. The fraction of sp³-hybridized carbons (Fsp3) is 0.417. The zero-order valence-corrected chi connectivity index (χ0v) is 9.97. The van der Waals surface area contributed by atoms with Crippen LogP contribution in [0.15, 0.2) is 0 Å². The Morgan fingerprint density at radius 1 is 0.867 bits per heavy atom. The van der Waals surface area contributed by atoms with E-state index in [-0.39, 0.29) is 0 Å². The van der Waals surface area contributed by atoms with Gasteiger partial charge in [0.05, 0.1) is 11.2 Å². The summed E-state index contributed by atoms with van der Waals surface area (Å²) in [5.41, 5.74) is 13.1. The Morgan fingerprint density at radius 2 is 1.40 bits per heavy atom. The number of nitrogens with two attached hydrogens (primary N) is 1. The minimum Gasteiger partial charge on any atom is -0.383 e. The minimum atomic E-state index is 0.758. The number of fused-ring (bicyclic) bond motifs is 1. The number of anilines is 1. The molecular formula is C12H17N3. The van der Waals surface area contributed by atoms with Crippen LogP contribution in [0.4, 0.5) is 5.82 Å². The predicted molar refractivity (Wildman–Crippen MR) is 63.3 cm³/mol. The highest BCUT2D eigenvalue weighted by Gasteiger charge is 2.14. The Balaban J connectivity index is 3.06. The van der Waals surface area contributed by atoms with E-state index in [1.165, 1.54) is 16.7 Å². The van der Waals surface area contributed by atoms with Gasteiger partial charge in [-0.1, -0.05) is 0 Å². The maximum absolute atomic E-state index is 6.03. The van der Waals surface area contributed by atoms with E-state index >= 15 is 0 Å². The summed E-state index contributed by atoms with van der Waals surface area (Å²) < 4.78 is 1.86. The van der Waals surface area contributed by atoms with E-state index in [0.29, 0.717) is 0 Å². The molecule has 0 atom stereocenters. The largest absolute Gasteiger partial charge is 0.383 e. The maximum atomic E-state index is 6.03. The van der Waals surface area contributed by atoms with Gasteiger partial charge in [0.2, 0.25) is 0 Å². The molecule has 2 rings (SSSR count). The van der Waals surface area contributed by atoms with Gasteiger partial charge in [-0.2, -0.15) is 5.10 Å². The maximum Gasteiger partial charge on any atom is 0.128 e. The van der Waals surface area contributed by atoms with Gasteiger partial charge in [0.25, 0.3) is 0 Å². The van der Waals surface area contributed by atoms with Gasteiger partial charge in [0.15, 0.2) is 0 Å². The van der Waals surface area contributed by atoms with Crippen molar-refractivity contribution in [2.24, 2.45) is 0 Å². The minimum absolute atomic E-state index is 0.758. The van der Waals surface area contributed by atoms with E-state index in [2.05, 4.69) is 25.9 Å². The molecule has 0 aliphatic carbocycles. The molecule has 0 fully saturated rings. The van der Waals surface area contributed by atoms with Crippen LogP contribution in [0.3, 0.4) is 0 Å². The third-order valence-corrected chi connectivity index (χ3v) is 3.45. The van der Waals surface area contributed by atoms with Gasteiger partial charge in [-0.3, -0.25) is 0 Å². The summed E-state index contributed by atoms with van der Waals surface area (Å²) in [5.74, 6) is 0.758. The average molecular weight is 203 g/mol. The van der Waals surface area contributed by atoms with E-state index in [1.54, 1.807) is 0 Å². The molecule has 2 N–H and O–H groups in total. The lowest BCUT2D eigenvalue weighted by Crippen LogP contribution is -2.03. The molecule has 0 aliphatic rings. The molecule has 2 aromatic rings. The van der Waals surface area contributed by atoms with Crippen molar-refractivity contribution in [1.29, 1.82) is 0 Å². The molecule has 0 amide bonds. The van der Waals surface area contributed by atoms with Gasteiger partial charge in [-0.05, 0) is 56.9 Å². The van der Waals surface area contributed by atoms with Crippen LogP contribution >= 0.6 is 0 Å². The van der Waals surface area contributed by atoms with Crippen molar-refractivity contribution in [2.45, 2.75) is 34.6 Å². The number of rotatable bonds is 0. The third kappa shape index (κ3) is 1.16. The summed E-state index contributed by atoms with van der Waals surface area (Å²) in [7, 11) is 0. The Bertz CT molecular complexity index is 550.